The number of anilines is 1. The maximum atomic E-state index is 5.68. The third-order valence-electron chi connectivity index (χ3n) is 4.78. The molecule has 1 aliphatic rings. The van der Waals surface area contributed by atoms with Gasteiger partial charge < -0.3 is 25.0 Å². The highest BCUT2D eigenvalue weighted by molar-refractivity contribution is 14.0. The van der Waals surface area contributed by atoms with Gasteiger partial charge in [-0.05, 0) is 31.5 Å². The molecule has 7 nitrogen and oxygen atoms in total. The van der Waals surface area contributed by atoms with E-state index in [4.69, 9.17) is 9.47 Å². The Hall–Kier alpha value is -2.07. The zero-order chi connectivity index (χ0) is 20.5. The van der Waals surface area contributed by atoms with Crippen LogP contribution in [-0.2, 0) is 17.8 Å². The molecule has 1 atom stereocenters. The van der Waals surface area contributed by atoms with Crippen molar-refractivity contribution in [3.8, 4) is 5.75 Å². The van der Waals surface area contributed by atoms with E-state index in [-0.39, 0.29) is 30.1 Å². The van der Waals surface area contributed by atoms with Crippen LogP contribution < -0.4 is 20.3 Å². The second-order valence-corrected chi connectivity index (χ2v) is 6.97. The molecule has 2 N–H and O–H groups in total. The van der Waals surface area contributed by atoms with E-state index in [0.29, 0.717) is 19.7 Å². The molecule has 1 aromatic heterocycles. The zero-order valence-electron chi connectivity index (χ0n) is 17.9. The number of hydrogen-bond donors (Lipinski definition) is 2. The maximum Gasteiger partial charge on any atom is 0.191 e. The average Bonchev–Trinajstić information content (AvgIpc) is 2.75. The van der Waals surface area contributed by atoms with Crippen molar-refractivity contribution >= 4 is 35.8 Å². The Balaban J connectivity index is 0.00000320. The third kappa shape index (κ3) is 7.02. The van der Waals surface area contributed by atoms with Crippen LogP contribution in [-0.4, -0.2) is 50.4 Å². The molecule has 1 aromatic carbocycles. The summed E-state index contributed by atoms with van der Waals surface area (Å²) in [6, 6.07) is 12.2. The third-order valence-corrected chi connectivity index (χ3v) is 4.78. The number of halogens is 1. The maximum absolute atomic E-state index is 5.68. The van der Waals surface area contributed by atoms with Gasteiger partial charge in [0.2, 0.25) is 0 Å². The molecule has 0 radical (unpaired) electrons. The van der Waals surface area contributed by atoms with Crippen LogP contribution in [0.25, 0.3) is 0 Å². The van der Waals surface area contributed by atoms with Crippen LogP contribution in [0.1, 0.15) is 25.0 Å². The number of hydrogen-bond acceptors (Lipinski definition) is 5. The van der Waals surface area contributed by atoms with Crippen LogP contribution >= 0.6 is 24.0 Å². The Morgan fingerprint density at radius 1 is 1.23 bits per heavy atom. The Bertz CT molecular complexity index is 800. The van der Waals surface area contributed by atoms with Crippen molar-refractivity contribution in [3.63, 3.8) is 0 Å². The lowest BCUT2D eigenvalue weighted by atomic mass is 10.2. The van der Waals surface area contributed by atoms with E-state index in [9.17, 15) is 0 Å². The Morgan fingerprint density at radius 3 is 2.73 bits per heavy atom. The lowest BCUT2D eigenvalue weighted by Crippen LogP contribution is -2.41. The number of pyridine rings is 1. The van der Waals surface area contributed by atoms with Gasteiger partial charge in [0, 0.05) is 45.0 Å². The molecule has 0 amide bonds. The van der Waals surface area contributed by atoms with Crippen molar-refractivity contribution in [2.75, 3.05) is 38.3 Å². The molecule has 0 bridgehead atoms. The van der Waals surface area contributed by atoms with Gasteiger partial charge in [0.1, 0.15) is 11.6 Å². The number of rotatable bonds is 7. The minimum absolute atomic E-state index is 0. The highest BCUT2D eigenvalue weighted by atomic mass is 127. The first kappa shape index (κ1) is 24.2. The number of nitrogens with zero attached hydrogens (tertiary/aromatic N) is 3. The highest BCUT2D eigenvalue weighted by Gasteiger charge is 2.17. The summed E-state index contributed by atoms with van der Waals surface area (Å²) < 4.78 is 11.3. The summed E-state index contributed by atoms with van der Waals surface area (Å²) in [6.07, 6.45) is 2.16. The van der Waals surface area contributed by atoms with E-state index < -0.39 is 0 Å². The summed E-state index contributed by atoms with van der Waals surface area (Å²) in [5.41, 5.74) is 2.20. The smallest absolute Gasteiger partial charge is 0.191 e. The molecule has 1 unspecified atom stereocenters. The van der Waals surface area contributed by atoms with E-state index in [2.05, 4.69) is 50.6 Å². The lowest BCUT2D eigenvalue weighted by Gasteiger charge is -2.32. The van der Waals surface area contributed by atoms with Crippen molar-refractivity contribution in [2.45, 2.75) is 33.0 Å². The molecule has 1 fully saturated rings. The molecule has 1 saturated heterocycles. The van der Waals surface area contributed by atoms with Gasteiger partial charge in [-0.15, -0.1) is 24.0 Å². The summed E-state index contributed by atoms with van der Waals surface area (Å²) in [5, 5.41) is 6.68. The van der Waals surface area contributed by atoms with E-state index in [1.165, 1.54) is 0 Å². The Labute approximate surface area is 196 Å². The first-order valence-electron chi connectivity index (χ1n) is 10.2. The number of morpholine rings is 1. The van der Waals surface area contributed by atoms with E-state index >= 15 is 0 Å². The van der Waals surface area contributed by atoms with Gasteiger partial charge in [-0.25, -0.2) is 4.98 Å². The fourth-order valence-corrected chi connectivity index (χ4v) is 3.27. The number of ether oxygens (including phenoxy) is 2. The summed E-state index contributed by atoms with van der Waals surface area (Å²) in [5.74, 6) is 2.64. The second kappa shape index (κ2) is 12.6. The Kier molecular flexibility index (Phi) is 10.2. The quantitative estimate of drug-likeness (QED) is 0.329. The van der Waals surface area contributed by atoms with Crippen LogP contribution in [0.3, 0.4) is 0 Å². The number of aromatic nitrogens is 1. The van der Waals surface area contributed by atoms with Crippen LogP contribution in [0, 0.1) is 0 Å². The molecule has 164 valence electrons. The van der Waals surface area contributed by atoms with Crippen molar-refractivity contribution in [1.29, 1.82) is 0 Å². The second-order valence-electron chi connectivity index (χ2n) is 6.97. The zero-order valence-corrected chi connectivity index (χ0v) is 20.3. The first-order valence-corrected chi connectivity index (χ1v) is 10.2. The molecule has 0 spiro atoms. The van der Waals surface area contributed by atoms with Gasteiger partial charge in [0.15, 0.2) is 5.96 Å². The topological polar surface area (TPSA) is 71.0 Å². The molecule has 0 saturated carbocycles. The van der Waals surface area contributed by atoms with Crippen LogP contribution in [0.15, 0.2) is 47.6 Å². The van der Waals surface area contributed by atoms with E-state index in [0.717, 1.165) is 48.4 Å². The van der Waals surface area contributed by atoms with Crippen molar-refractivity contribution in [3.05, 3.63) is 53.7 Å². The predicted molar refractivity (Wildman–Crippen MR) is 132 cm³/mol. The average molecular weight is 525 g/mol. The molecular formula is C22H32IN5O2. The molecular weight excluding hydrogens is 493 g/mol. The monoisotopic (exact) mass is 525 g/mol. The molecule has 0 aliphatic carbocycles. The van der Waals surface area contributed by atoms with Crippen LogP contribution in [0.5, 0.6) is 5.75 Å². The van der Waals surface area contributed by atoms with E-state index in [1.807, 2.05) is 31.3 Å². The number of benzene rings is 1. The summed E-state index contributed by atoms with van der Waals surface area (Å²) >= 11 is 0. The fraction of sp³-hybridized carbons (Fsp3) is 0.455. The molecule has 1 aliphatic heterocycles. The van der Waals surface area contributed by atoms with Gasteiger partial charge >= 0.3 is 0 Å². The highest BCUT2D eigenvalue weighted by Crippen LogP contribution is 2.17. The number of nitrogens with one attached hydrogen (secondary N) is 2. The summed E-state index contributed by atoms with van der Waals surface area (Å²) in [6.45, 7) is 8.54. The first-order chi connectivity index (χ1) is 14.2. The molecule has 30 heavy (non-hydrogen) atoms. The molecule has 2 aromatic rings. The van der Waals surface area contributed by atoms with Crippen molar-refractivity contribution in [2.24, 2.45) is 4.99 Å². The largest absolute Gasteiger partial charge is 0.494 e. The Morgan fingerprint density at radius 2 is 2.03 bits per heavy atom. The number of aliphatic imine (C=N–C) groups is 1. The van der Waals surface area contributed by atoms with Crippen molar-refractivity contribution < 1.29 is 9.47 Å². The van der Waals surface area contributed by atoms with Gasteiger partial charge in [0.05, 0.1) is 19.3 Å². The lowest BCUT2D eigenvalue weighted by molar-refractivity contribution is 0.0529. The van der Waals surface area contributed by atoms with E-state index in [1.54, 1.807) is 7.05 Å². The SMILES string of the molecule is CCOc1ccccc1CNC(=NC)NCc1ccc(N2CCOC(C)C2)nc1.I. The minimum Gasteiger partial charge on any atom is -0.494 e. The standard InChI is InChI=1S/C22H31N5O2.HI/c1-4-28-20-8-6-5-7-19(20)15-26-22(23-3)25-14-18-9-10-21(24-13-18)27-11-12-29-17(2)16-27;/h5-10,13,17H,4,11-12,14-16H2,1-3H3,(H2,23,25,26);1H. The van der Waals surface area contributed by atoms with Gasteiger partial charge in [-0.1, -0.05) is 24.3 Å². The minimum atomic E-state index is 0. The van der Waals surface area contributed by atoms with Gasteiger partial charge in [-0.2, -0.15) is 0 Å². The van der Waals surface area contributed by atoms with Crippen LogP contribution in [0.4, 0.5) is 5.82 Å². The number of para-hydroxylation sites is 1. The molecule has 8 heteroatoms. The fourth-order valence-electron chi connectivity index (χ4n) is 3.27. The predicted octanol–water partition coefficient (Wildman–Crippen LogP) is 3.19. The van der Waals surface area contributed by atoms with Crippen LogP contribution in [0.2, 0.25) is 0 Å². The number of guanidine groups is 1. The normalized spacial score (nSPS) is 16.6. The van der Waals surface area contributed by atoms with Gasteiger partial charge in [-0.3, -0.25) is 4.99 Å². The van der Waals surface area contributed by atoms with Gasteiger partial charge in [0.25, 0.3) is 0 Å². The van der Waals surface area contributed by atoms with Crippen molar-refractivity contribution in [1.82, 2.24) is 15.6 Å². The summed E-state index contributed by atoms with van der Waals surface area (Å²) in [4.78, 5) is 11.2. The molecule has 3 rings (SSSR count). The summed E-state index contributed by atoms with van der Waals surface area (Å²) in [7, 11) is 1.77. The molecule has 2 heterocycles.